The average molecular weight is 344 g/mol. The van der Waals surface area contributed by atoms with E-state index in [4.69, 9.17) is 0 Å². The van der Waals surface area contributed by atoms with E-state index in [1.807, 2.05) is 0 Å². The molecule has 1 fully saturated rings. The van der Waals surface area contributed by atoms with Gasteiger partial charge < -0.3 is 15.0 Å². The normalized spacial score (nSPS) is 19.0. The third-order valence-corrected chi connectivity index (χ3v) is 3.93. The summed E-state index contributed by atoms with van der Waals surface area (Å²) in [6.45, 7) is 3.71. The quantitative estimate of drug-likeness (QED) is 0.914. The second-order valence-corrected chi connectivity index (χ2v) is 5.72. The molecule has 1 aliphatic heterocycles. The Kier molecular flexibility index (Phi) is 5.36. The predicted octanol–water partition coefficient (Wildman–Crippen LogP) is 2.77. The number of carbonyl (C=O) groups excluding carboxylic acids is 2. The molecule has 8 heteroatoms. The molecule has 132 valence electrons. The number of rotatable bonds is 4. The Balaban J connectivity index is 1.98. The maximum Gasteiger partial charge on any atom is 0.573 e. The molecule has 0 aliphatic carbocycles. The SMILES string of the molecule is CC(=O)N1CCC[C@H]1C(=O)N[C@@H](C)c1ccc(OC(F)(F)F)cc1. The van der Waals surface area contributed by atoms with Gasteiger partial charge in [0.05, 0.1) is 6.04 Å². The van der Waals surface area contributed by atoms with Crippen molar-refractivity contribution in [1.82, 2.24) is 10.2 Å². The highest BCUT2D eigenvalue weighted by atomic mass is 19.4. The van der Waals surface area contributed by atoms with E-state index in [0.29, 0.717) is 18.5 Å². The minimum atomic E-state index is -4.74. The number of alkyl halides is 3. The summed E-state index contributed by atoms with van der Waals surface area (Å²) < 4.78 is 40.2. The van der Waals surface area contributed by atoms with E-state index in [0.717, 1.165) is 6.42 Å². The van der Waals surface area contributed by atoms with E-state index in [9.17, 15) is 22.8 Å². The number of carbonyl (C=O) groups is 2. The molecular weight excluding hydrogens is 325 g/mol. The van der Waals surface area contributed by atoms with Gasteiger partial charge in [-0.3, -0.25) is 9.59 Å². The van der Waals surface area contributed by atoms with Gasteiger partial charge in [-0.15, -0.1) is 13.2 Å². The average Bonchev–Trinajstić information content (AvgIpc) is 2.96. The molecule has 2 amide bonds. The summed E-state index contributed by atoms with van der Waals surface area (Å²) >= 11 is 0. The van der Waals surface area contributed by atoms with Crippen LogP contribution in [0.2, 0.25) is 0 Å². The molecule has 1 heterocycles. The Morgan fingerprint density at radius 1 is 1.29 bits per heavy atom. The third-order valence-electron chi connectivity index (χ3n) is 3.93. The minimum Gasteiger partial charge on any atom is -0.406 e. The van der Waals surface area contributed by atoms with E-state index in [2.05, 4.69) is 10.1 Å². The summed E-state index contributed by atoms with van der Waals surface area (Å²) in [7, 11) is 0. The first-order chi connectivity index (χ1) is 11.2. The third kappa shape index (κ3) is 4.62. The molecule has 0 bridgehead atoms. The number of hydrogen-bond donors (Lipinski definition) is 1. The fourth-order valence-corrected chi connectivity index (χ4v) is 2.77. The zero-order valence-corrected chi connectivity index (χ0v) is 13.4. The molecule has 2 rings (SSSR count). The molecule has 0 aromatic heterocycles. The lowest BCUT2D eigenvalue weighted by Gasteiger charge is -2.24. The first-order valence-corrected chi connectivity index (χ1v) is 7.60. The molecule has 0 radical (unpaired) electrons. The second-order valence-electron chi connectivity index (χ2n) is 5.72. The lowest BCUT2D eigenvalue weighted by molar-refractivity contribution is -0.274. The fourth-order valence-electron chi connectivity index (χ4n) is 2.77. The van der Waals surface area contributed by atoms with Gasteiger partial charge in [-0.2, -0.15) is 0 Å². The zero-order valence-electron chi connectivity index (χ0n) is 13.4. The number of benzene rings is 1. The Morgan fingerprint density at radius 2 is 1.92 bits per heavy atom. The molecule has 1 aromatic rings. The van der Waals surface area contributed by atoms with Gasteiger partial charge in [-0.25, -0.2) is 0 Å². The van der Waals surface area contributed by atoms with Crippen molar-refractivity contribution in [3.63, 3.8) is 0 Å². The van der Waals surface area contributed by atoms with Crippen molar-refractivity contribution >= 4 is 11.8 Å². The summed E-state index contributed by atoms with van der Waals surface area (Å²) in [4.78, 5) is 25.4. The largest absolute Gasteiger partial charge is 0.573 e. The Morgan fingerprint density at radius 3 is 2.46 bits per heavy atom. The second kappa shape index (κ2) is 7.11. The first kappa shape index (κ1) is 18.1. The van der Waals surface area contributed by atoms with Gasteiger partial charge in [0, 0.05) is 13.5 Å². The number of amides is 2. The smallest absolute Gasteiger partial charge is 0.406 e. The van der Waals surface area contributed by atoms with Gasteiger partial charge >= 0.3 is 6.36 Å². The van der Waals surface area contributed by atoms with Crippen LogP contribution < -0.4 is 10.1 Å². The molecule has 5 nitrogen and oxygen atoms in total. The summed E-state index contributed by atoms with van der Waals surface area (Å²) in [5.41, 5.74) is 0.644. The molecule has 0 spiro atoms. The van der Waals surface area contributed by atoms with E-state index in [1.54, 1.807) is 6.92 Å². The molecule has 0 unspecified atom stereocenters. The molecule has 24 heavy (non-hydrogen) atoms. The summed E-state index contributed by atoms with van der Waals surface area (Å²) in [6.07, 6.45) is -3.36. The van der Waals surface area contributed by atoms with Crippen LogP contribution in [-0.2, 0) is 9.59 Å². The summed E-state index contributed by atoms with van der Waals surface area (Å²) in [5.74, 6) is -0.719. The van der Waals surface area contributed by atoms with Crippen LogP contribution in [0, 0.1) is 0 Å². The standard InChI is InChI=1S/C16H19F3N2O3/c1-10(12-5-7-13(8-6-12)24-16(17,18)19)20-15(23)14-4-3-9-21(14)11(2)22/h5-8,10,14H,3-4,9H2,1-2H3,(H,20,23)/t10-,14-/m0/s1. The van der Waals surface area contributed by atoms with Gasteiger partial charge in [0.15, 0.2) is 0 Å². The van der Waals surface area contributed by atoms with Crippen molar-refractivity contribution in [3.05, 3.63) is 29.8 Å². The Labute approximate surface area is 137 Å². The van der Waals surface area contributed by atoms with Crippen molar-refractivity contribution in [2.75, 3.05) is 6.54 Å². The molecular formula is C16H19F3N2O3. The lowest BCUT2D eigenvalue weighted by atomic mass is 10.1. The highest BCUT2D eigenvalue weighted by Crippen LogP contribution is 2.25. The number of ether oxygens (including phenoxy) is 1. The monoisotopic (exact) mass is 344 g/mol. The van der Waals surface area contributed by atoms with Gasteiger partial charge in [0.25, 0.3) is 0 Å². The topological polar surface area (TPSA) is 58.6 Å². The molecule has 1 saturated heterocycles. The van der Waals surface area contributed by atoms with Crippen molar-refractivity contribution < 1.29 is 27.5 Å². The van der Waals surface area contributed by atoms with Crippen LogP contribution >= 0.6 is 0 Å². The van der Waals surface area contributed by atoms with E-state index in [-0.39, 0.29) is 17.6 Å². The van der Waals surface area contributed by atoms with Crippen LogP contribution in [0.25, 0.3) is 0 Å². The summed E-state index contributed by atoms with van der Waals surface area (Å²) in [6, 6.07) is 4.43. The lowest BCUT2D eigenvalue weighted by Crippen LogP contribution is -2.45. The van der Waals surface area contributed by atoms with Crippen molar-refractivity contribution in [2.45, 2.75) is 45.1 Å². The van der Waals surface area contributed by atoms with E-state index in [1.165, 1.54) is 36.1 Å². The van der Waals surface area contributed by atoms with Crippen LogP contribution in [0.4, 0.5) is 13.2 Å². The van der Waals surface area contributed by atoms with Crippen LogP contribution in [0.3, 0.4) is 0 Å². The van der Waals surface area contributed by atoms with Gasteiger partial charge in [-0.05, 0) is 37.5 Å². The van der Waals surface area contributed by atoms with Crippen LogP contribution in [-0.4, -0.2) is 35.7 Å². The Hall–Kier alpha value is -2.25. The van der Waals surface area contributed by atoms with Crippen molar-refractivity contribution in [3.8, 4) is 5.75 Å². The van der Waals surface area contributed by atoms with Crippen LogP contribution in [0.15, 0.2) is 24.3 Å². The van der Waals surface area contributed by atoms with Crippen LogP contribution in [0.5, 0.6) is 5.75 Å². The molecule has 1 aromatic carbocycles. The molecule has 2 atom stereocenters. The van der Waals surface area contributed by atoms with E-state index < -0.39 is 18.4 Å². The van der Waals surface area contributed by atoms with E-state index >= 15 is 0 Å². The first-order valence-electron chi connectivity index (χ1n) is 7.60. The molecule has 0 saturated carbocycles. The molecule has 1 aliphatic rings. The van der Waals surface area contributed by atoms with Gasteiger partial charge in [-0.1, -0.05) is 12.1 Å². The fraction of sp³-hybridized carbons (Fsp3) is 0.500. The highest BCUT2D eigenvalue weighted by molar-refractivity contribution is 5.87. The maximum absolute atomic E-state index is 12.3. The number of nitrogens with zero attached hydrogens (tertiary/aromatic N) is 1. The number of hydrogen-bond acceptors (Lipinski definition) is 3. The van der Waals surface area contributed by atoms with Crippen molar-refractivity contribution in [1.29, 1.82) is 0 Å². The number of likely N-dealkylation sites (tertiary alicyclic amines) is 1. The molecule has 1 N–H and O–H groups in total. The van der Waals surface area contributed by atoms with Gasteiger partial charge in [0.2, 0.25) is 11.8 Å². The Bertz CT molecular complexity index is 602. The number of nitrogens with one attached hydrogen (secondary N) is 1. The maximum atomic E-state index is 12.3. The van der Waals surface area contributed by atoms with Gasteiger partial charge in [0.1, 0.15) is 11.8 Å². The zero-order chi connectivity index (χ0) is 17.9. The number of halogens is 3. The van der Waals surface area contributed by atoms with Crippen molar-refractivity contribution in [2.24, 2.45) is 0 Å². The highest BCUT2D eigenvalue weighted by Gasteiger charge is 2.33. The summed E-state index contributed by atoms with van der Waals surface area (Å²) in [5, 5.41) is 2.79. The predicted molar refractivity (Wildman–Crippen MR) is 80.1 cm³/mol. The minimum absolute atomic E-state index is 0.144. The van der Waals surface area contributed by atoms with Crippen LogP contribution in [0.1, 0.15) is 38.3 Å².